The van der Waals surface area contributed by atoms with Crippen LogP contribution in [0.2, 0.25) is 0 Å². The van der Waals surface area contributed by atoms with Gasteiger partial charge in [0.1, 0.15) is 5.49 Å². The summed E-state index contributed by atoms with van der Waals surface area (Å²) in [5.41, 5.74) is 0.803. The Bertz CT molecular complexity index is 285. The fourth-order valence-electron chi connectivity index (χ4n) is 0.655. The largest absolute Gasteiger partial charge is 0.251 e. The molecule has 1 rings (SSSR count). The molecule has 0 spiro atoms. The van der Waals surface area contributed by atoms with Crippen molar-refractivity contribution < 1.29 is 0 Å². The maximum atomic E-state index is 3.97. The second kappa shape index (κ2) is 2.96. The van der Waals surface area contributed by atoms with E-state index < -0.39 is 0 Å². The van der Waals surface area contributed by atoms with Crippen molar-refractivity contribution in [2.45, 2.75) is 0 Å². The summed E-state index contributed by atoms with van der Waals surface area (Å²) in [6.07, 6.45) is 3.21. The van der Waals surface area contributed by atoms with Crippen molar-refractivity contribution in [2.24, 2.45) is 12.0 Å². The smallest absolute Gasteiger partial charge is 0.148 e. The van der Waals surface area contributed by atoms with E-state index in [2.05, 4.69) is 16.7 Å². The Morgan fingerprint density at radius 3 is 3.20 bits per heavy atom. The summed E-state index contributed by atoms with van der Waals surface area (Å²) >= 11 is 0. The molecule has 10 heavy (non-hydrogen) atoms. The molecule has 1 heterocycles. The van der Waals surface area contributed by atoms with Gasteiger partial charge in [0.15, 0.2) is 0 Å². The lowest BCUT2D eigenvalue weighted by atomic mass is 10.6. The van der Waals surface area contributed by atoms with Gasteiger partial charge in [-0.3, -0.25) is 4.68 Å². The Morgan fingerprint density at radius 2 is 2.60 bits per heavy atom. The van der Waals surface area contributed by atoms with Gasteiger partial charge >= 0.3 is 0 Å². The molecular formula is C7H9N3. The zero-order valence-corrected chi connectivity index (χ0v) is 5.86. The molecule has 0 aliphatic rings. The summed E-state index contributed by atoms with van der Waals surface area (Å²) in [4.78, 5) is 3.97. The zero-order valence-electron chi connectivity index (χ0n) is 5.86. The second-order valence-electron chi connectivity index (χ2n) is 1.82. The SMILES string of the molecule is C=CN=c1cccnn1C. The Balaban J connectivity index is 3.28. The number of hydrogen-bond acceptors (Lipinski definition) is 2. The summed E-state index contributed by atoms with van der Waals surface area (Å²) in [5, 5.41) is 3.97. The minimum atomic E-state index is 0.803. The average molecular weight is 135 g/mol. The average Bonchev–Trinajstić information content (AvgIpc) is 1.94. The molecule has 0 atom stereocenters. The van der Waals surface area contributed by atoms with E-state index in [4.69, 9.17) is 0 Å². The maximum absolute atomic E-state index is 3.97. The van der Waals surface area contributed by atoms with Crippen LogP contribution >= 0.6 is 0 Å². The van der Waals surface area contributed by atoms with Gasteiger partial charge in [0.25, 0.3) is 0 Å². The topological polar surface area (TPSA) is 30.2 Å². The number of aromatic nitrogens is 2. The first-order valence-corrected chi connectivity index (χ1v) is 2.97. The van der Waals surface area contributed by atoms with Crippen LogP contribution in [-0.4, -0.2) is 9.78 Å². The van der Waals surface area contributed by atoms with Gasteiger partial charge in [-0.15, -0.1) is 0 Å². The number of rotatable bonds is 1. The van der Waals surface area contributed by atoms with Crippen LogP contribution in [0.3, 0.4) is 0 Å². The molecule has 0 amide bonds. The molecule has 3 nitrogen and oxygen atoms in total. The number of hydrogen-bond donors (Lipinski definition) is 0. The third kappa shape index (κ3) is 1.31. The van der Waals surface area contributed by atoms with Crippen LogP contribution < -0.4 is 5.49 Å². The molecule has 0 aliphatic carbocycles. The minimum Gasteiger partial charge on any atom is -0.251 e. The first-order chi connectivity index (χ1) is 4.84. The molecule has 0 aliphatic heterocycles. The van der Waals surface area contributed by atoms with E-state index in [-0.39, 0.29) is 0 Å². The molecule has 0 bridgehead atoms. The molecule has 52 valence electrons. The molecule has 0 N–H and O–H groups in total. The van der Waals surface area contributed by atoms with Crippen molar-refractivity contribution in [3.05, 3.63) is 36.6 Å². The van der Waals surface area contributed by atoms with E-state index >= 15 is 0 Å². The highest BCUT2D eigenvalue weighted by atomic mass is 15.3. The van der Waals surface area contributed by atoms with Crippen LogP contribution in [0.1, 0.15) is 0 Å². The lowest BCUT2D eigenvalue weighted by molar-refractivity contribution is 0.692. The zero-order chi connectivity index (χ0) is 7.40. The first kappa shape index (κ1) is 6.74. The molecule has 0 aromatic carbocycles. The van der Waals surface area contributed by atoms with E-state index in [0.717, 1.165) is 5.49 Å². The third-order valence-corrected chi connectivity index (χ3v) is 1.13. The minimum absolute atomic E-state index is 0.803. The monoisotopic (exact) mass is 135 g/mol. The van der Waals surface area contributed by atoms with Crippen LogP contribution in [0.5, 0.6) is 0 Å². The van der Waals surface area contributed by atoms with E-state index in [9.17, 15) is 0 Å². The predicted molar refractivity (Wildman–Crippen MR) is 39.0 cm³/mol. The van der Waals surface area contributed by atoms with Crippen LogP contribution in [0.15, 0.2) is 36.1 Å². The van der Waals surface area contributed by atoms with E-state index in [1.54, 1.807) is 10.9 Å². The highest BCUT2D eigenvalue weighted by Gasteiger charge is 1.80. The fourth-order valence-corrected chi connectivity index (χ4v) is 0.655. The Hall–Kier alpha value is -1.38. The number of nitrogens with zero attached hydrogens (tertiary/aromatic N) is 3. The van der Waals surface area contributed by atoms with Crippen molar-refractivity contribution in [3.8, 4) is 0 Å². The molecule has 1 aromatic heterocycles. The predicted octanol–water partition coefficient (Wildman–Crippen LogP) is 0.464. The van der Waals surface area contributed by atoms with Gasteiger partial charge in [0, 0.05) is 19.4 Å². The van der Waals surface area contributed by atoms with Gasteiger partial charge in [-0.25, -0.2) is 4.99 Å². The molecule has 1 aromatic rings. The van der Waals surface area contributed by atoms with Gasteiger partial charge in [-0.05, 0) is 12.1 Å². The lowest BCUT2D eigenvalue weighted by Crippen LogP contribution is -2.18. The van der Waals surface area contributed by atoms with Crippen molar-refractivity contribution in [1.82, 2.24) is 9.78 Å². The molecule has 3 heteroatoms. The van der Waals surface area contributed by atoms with Crippen LogP contribution in [0.25, 0.3) is 0 Å². The third-order valence-electron chi connectivity index (χ3n) is 1.13. The fraction of sp³-hybridized carbons (Fsp3) is 0.143. The summed E-state index contributed by atoms with van der Waals surface area (Å²) < 4.78 is 1.68. The van der Waals surface area contributed by atoms with Gasteiger partial charge in [-0.1, -0.05) is 6.58 Å². The molecule has 0 saturated heterocycles. The van der Waals surface area contributed by atoms with Crippen molar-refractivity contribution in [2.75, 3.05) is 0 Å². The summed E-state index contributed by atoms with van der Waals surface area (Å²) in [6.45, 7) is 3.49. The van der Waals surface area contributed by atoms with Gasteiger partial charge in [0.2, 0.25) is 0 Å². The van der Waals surface area contributed by atoms with Crippen LogP contribution in [0, 0.1) is 0 Å². The number of aryl methyl sites for hydroxylation is 1. The highest BCUT2D eigenvalue weighted by Crippen LogP contribution is 1.70. The van der Waals surface area contributed by atoms with Crippen molar-refractivity contribution >= 4 is 0 Å². The normalized spacial score (nSPS) is 11.5. The summed E-state index contributed by atoms with van der Waals surface area (Å²) in [5.74, 6) is 0. The van der Waals surface area contributed by atoms with Crippen molar-refractivity contribution in [3.63, 3.8) is 0 Å². The van der Waals surface area contributed by atoms with Crippen molar-refractivity contribution in [1.29, 1.82) is 0 Å². The highest BCUT2D eigenvalue weighted by molar-refractivity contribution is 4.85. The Kier molecular flexibility index (Phi) is 1.99. The Morgan fingerprint density at radius 1 is 1.80 bits per heavy atom. The van der Waals surface area contributed by atoms with Crippen LogP contribution in [-0.2, 0) is 7.05 Å². The van der Waals surface area contributed by atoms with E-state index in [1.165, 1.54) is 6.20 Å². The lowest BCUT2D eigenvalue weighted by Gasteiger charge is -1.93. The molecule has 0 saturated carbocycles. The maximum Gasteiger partial charge on any atom is 0.148 e. The standard InChI is InChI=1S/C7H9N3/c1-3-8-7-5-4-6-9-10(7)2/h3-6H,1H2,2H3. The van der Waals surface area contributed by atoms with Gasteiger partial charge < -0.3 is 0 Å². The van der Waals surface area contributed by atoms with Gasteiger partial charge in [-0.2, -0.15) is 5.10 Å². The Labute approximate surface area is 59.3 Å². The second-order valence-corrected chi connectivity index (χ2v) is 1.82. The summed E-state index contributed by atoms with van der Waals surface area (Å²) in [7, 11) is 1.84. The van der Waals surface area contributed by atoms with E-state index in [1.807, 2.05) is 19.2 Å². The quantitative estimate of drug-likeness (QED) is 0.550. The first-order valence-electron chi connectivity index (χ1n) is 2.97. The summed E-state index contributed by atoms with van der Waals surface area (Å²) in [6, 6.07) is 3.71. The van der Waals surface area contributed by atoms with E-state index in [0.29, 0.717) is 0 Å². The van der Waals surface area contributed by atoms with Gasteiger partial charge in [0.05, 0.1) is 0 Å². The molecular weight excluding hydrogens is 126 g/mol. The molecule has 0 radical (unpaired) electrons. The van der Waals surface area contributed by atoms with Crippen LogP contribution in [0.4, 0.5) is 0 Å². The molecule has 0 unspecified atom stereocenters. The molecule has 0 fully saturated rings.